The Morgan fingerprint density at radius 1 is 0.958 bits per heavy atom. The summed E-state index contributed by atoms with van der Waals surface area (Å²) in [6.45, 7) is 1.98. The minimum Gasteiger partial charge on any atom is -0.495 e. The van der Waals surface area contributed by atoms with Crippen LogP contribution in [0.5, 0.6) is 5.75 Å². The molecule has 0 atom stereocenters. The van der Waals surface area contributed by atoms with Crippen molar-refractivity contribution in [3.8, 4) is 5.75 Å². The van der Waals surface area contributed by atoms with Crippen LogP contribution < -0.4 is 21.1 Å². The van der Waals surface area contributed by atoms with Gasteiger partial charge in [-0.05, 0) is 30.7 Å². The summed E-state index contributed by atoms with van der Waals surface area (Å²) >= 11 is 0. The average molecular weight is 322 g/mol. The highest BCUT2D eigenvalue weighted by atomic mass is 16.5. The van der Waals surface area contributed by atoms with Crippen LogP contribution in [0.3, 0.4) is 0 Å². The van der Waals surface area contributed by atoms with E-state index < -0.39 is 0 Å². The van der Waals surface area contributed by atoms with Gasteiger partial charge in [0.25, 0.3) is 0 Å². The SMILES string of the molecule is COc1ccccc1Nc1ncnc(Nc2ccc(C)cn2)c1N. The van der Waals surface area contributed by atoms with Gasteiger partial charge in [-0.3, -0.25) is 0 Å². The van der Waals surface area contributed by atoms with Crippen LogP contribution in [-0.4, -0.2) is 22.1 Å². The maximum absolute atomic E-state index is 6.18. The molecular formula is C17H18N6O. The molecule has 2 heterocycles. The van der Waals surface area contributed by atoms with E-state index >= 15 is 0 Å². The monoisotopic (exact) mass is 322 g/mol. The van der Waals surface area contributed by atoms with E-state index in [2.05, 4.69) is 25.6 Å². The number of ether oxygens (including phenoxy) is 1. The summed E-state index contributed by atoms with van der Waals surface area (Å²) in [5.74, 6) is 2.34. The molecule has 3 aromatic rings. The lowest BCUT2D eigenvalue weighted by molar-refractivity contribution is 0.417. The Morgan fingerprint density at radius 2 is 1.71 bits per heavy atom. The zero-order valence-electron chi connectivity index (χ0n) is 13.4. The van der Waals surface area contributed by atoms with Crippen LogP contribution in [0, 0.1) is 6.92 Å². The summed E-state index contributed by atoms with van der Waals surface area (Å²) in [5, 5.41) is 6.26. The molecule has 122 valence electrons. The number of nitrogen functional groups attached to an aromatic ring is 1. The third-order valence-electron chi connectivity index (χ3n) is 3.40. The largest absolute Gasteiger partial charge is 0.495 e. The van der Waals surface area contributed by atoms with Crippen molar-refractivity contribution in [1.82, 2.24) is 15.0 Å². The van der Waals surface area contributed by atoms with Crippen molar-refractivity contribution < 1.29 is 4.74 Å². The maximum atomic E-state index is 6.18. The first-order chi connectivity index (χ1) is 11.7. The highest BCUT2D eigenvalue weighted by Crippen LogP contribution is 2.31. The van der Waals surface area contributed by atoms with Gasteiger partial charge in [-0.25, -0.2) is 15.0 Å². The van der Waals surface area contributed by atoms with Gasteiger partial charge >= 0.3 is 0 Å². The van der Waals surface area contributed by atoms with Crippen molar-refractivity contribution in [2.75, 3.05) is 23.5 Å². The van der Waals surface area contributed by atoms with Crippen LogP contribution in [-0.2, 0) is 0 Å². The Kier molecular flexibility index (Phi) is 4.42. The number of rotatable bonds is 5. The minimum absolute atomic E-state index is 0.394. The van der Waals surface area contributed by atoms with E-state index in [1.807, 2.05) is 43.3 Å². The van der Waals surface area contributed by atoms with Crippen LogP contribution in [0.1, 0.15) is 5.56 Å². The van der Waals surface area contributed by atoms with E-state index in [0.29, 0.717) is 28.9 Å². The highest BCUT2D eigenvalue weighted by molar-refractivity contribution is 5.80. The van der Waals surface area contributed by atoms with Gasteiger partial charge in [0, 0.05) is 6.20 Å². The van der Waals surface area contributed by atoms with E-state index in [0.717, 1.165) is 11.3 Å². The summed E-state index contributed by atoms with van der Waals surface area (Å²) < 4.78 is 5.32. The summed E-state index contributed by atoms with van der Waals surface area (Å²) in [6, 6.07) is 11.4. The number of nitrogens with zero attached hydrogens (tertiary/aromatic N) is 3. The number of nitrogens with two attached hydrogens (primary N) is 1. The van der Waals surface area contributed by atoms with Gasteiger partial charge < -0.3 is 21.1 Å². The van der Waals surface area contributed by atoms with Gasteiger partial charge in [-0.15, -0.1) is 0 Å². The number of benzene rings is 1. The fourth-order valence-corrected chi connectivity index (χ4v) is 2.13. The van der Waals surface area contributed by atoms with Crippen molar-refractivity contribution in [1.29, 1.82) is 0 Å². The van der Waals surface area contributed by atoms with E-state index in [-0.39, 0.29) is 0 Å². The van der Waals surface area contributed by atoms with E-state index in [1.54, 1.807) is 13.3 Å². The second kappa shape index (κ2) is 6.82. The molecule has 1 aromatic carbocycles. The molecule has 0 amide bonds. The first kappa shape index (κ1) is 15.5. The minimum atomic E-state index is 0.394. The van der Waals surface area contributed by atoms with Gasteiger partial charge in [-0.2, -0.15) is 0 Å². The van der Waals surface area contributed by atoms with Crippen LogP contribution in [0.15, 0.2) is 48.9 Å². The van der Waals surface area contributed by atoms with Gasteiger partial charge in [0.1, 0.15) is 23.6 Å². The molecule has 0 unspecified atom stereocenters. The molecule has 3 rings (SSSR count). The van der Waals surface area contributed by atoms with E-state index in [4.69, 9.17) is 10.5 Å². The topological polar surface area (TPSA) is 98.0 Å². The molecule has 0 bridgehead atoms. The van der Waals surface area contributed by atoms with Gasteiger partial charge in [0.15, 0.2) is 11.6 Å². The Morgan fingerprint density at radius 3 is 2.42 bits per heavy atom. The van der Waals surface area contributed by atoms with Crippen LogP contribution in [0.4, 0.5) is 28.8 Å². The zero-order chi connectivity index (χ0) is 16.9. The Balaban J connectivity index is 1.86. The normalized spacial score (nSPS) is 10.2. The molecule has 0 aliphatic rings. The molecule has 2 aromatic heterocycles. The third kappa shape index (κ3) is 3.35. The van der Waals surface area contributed by atoms with Crippen LogP contribution in [0.2, 0.25) is 0 Å². The Bertz CT molecular complexity index is 835. The molecule has 0 radical (unpaired) electrons. The Hall–Kier alpha value is -3.35. The number of pyridine rings is 1. The van der Waals surface area contributed by atoms with Crippen molar-refractivity contribution in [2.24, 2.45) is 0 Å². The molecule has 4 N–H and O–H groups in total. The molecule has 7 heteroatoms. The third-order valence-corrected chi connectivity index (χ3v) is 3.40. The molecule has 0 spiro atoms. The second-order valence-electron chi connectivity index (χ2n) is 5.16. The number of aromatic nitrogens is 3. The fraction of sp³-hybridized carbons (Fsp3) is 0.118. The first-order valence-electron chi connectivity index (χ1n) is 7.37. The molecule has 7 nitrogen and oxygen atoms in total. The number of nitrogens with one attached hydrogen (secondary N) is 2. The first-order valence-corrected chi connectivity index (χ1v) is 7.37. The molecular weight excluding hydrogens is 304 g/mol. The lowest BCUT2D eigenvalue weighted by Gasteiger charge is -2.14. The zero-order valence-corrected chi connectivity index (χ0v) is 13.4. The number of hydrogen-bond acceptors (Lipinski definition) is 7. The summed E-state index contributed by atoms with van der Waals surface area (Å²) in [5.41, 5.74) is 8.42. The summed E-state index contributed by atoms with van der Waals surface area (Å²) in [6.07, 6.45) is 3.21. The summed E-state index contributed by atoms with van der Waals surface area (Å²) in [7, 11) is 1.61. The van der Waals surface area contributed by atoms with E-state index in [9.17, 15) is 0 Å². The molecule has 0 fully saturated rings. The average Bonchev–Trinajstić information content (AvgIpc) is 2.61. The molecule has 24 heavy (non-hydrogen) atoms. The van der Waals surface area contributed by atoms with E-state index in [1.165, 1.54) is 6.33 Å². The lowest BCUT2D eigenvalue weighted by Crippen LogP contribution is -2.06. The van der Waals surface area contributed by atoms with Gasteiger partial charge in [0.05, 0.1) is 12.8 Å². The van der Waals surface area contributed by atoms with Crippen molar-refractivity contribution >= 4 is 28.8 Å². The smallest absolute Gasteiger partial charge is 0.160 e. The van der Waals surface area contributed by atoms with Crippen LogP contribution in [0.25, 0.3) is 0 Å². The standard InChI is InChI=1S/C17H18N6O/c1-11-7-8-14(19-9-11)23-17-15(18)16(20-10-21-17)22-12-5-3-4-6-13(12)24-2/h3-10H,18H2,1-2H3,(H2,19,20,21,22,23). The van der Waals surface area contributed by atoms with Gasteiger partial charge in [-0.1, -0.05) is 18.2 Å². The van der Waals surface area contributed by atoms with Crippen molar-refractivity contribution in [3.63, 3.8) is 0 Å². The fourth-order valence-electron chi connectivity index (χ4n) is 2.13. The second-order valence-corrected chi connectivity index (χ2v) is 5.16. The number of anilines is 5. The highest BCUT2D eigenvalue weighted by Gasteiger charge is 2.11. The van der Waals surface area contributed by atoms with Crippen LogP contribution >= 0.6 is 0 Å². The molecule has 0 saturated heterocycles. The Labute approximate surface area is 139 Å². The van der Waals surface area contributed by atoms with Gasteiger partial charge in [0.2, 0.25) is 0 Å². The van der Waals surface area contributed by atoms with Crippen molar-refractivity contribution in [3.05, 3.63) is 54.5 Å². The molecule has 0 saturated carbocycles. The predicted molar refractivity (Wildman–Crippen MR) is 95.0 cm³/mol. The maximum Gasteiger partial charge on any atom is 0.160 e. The molecule has 0 aliphatic heterocycles. The lowest BCUT2D eigenvalue weighted by atomic mass is 10.3. The number of hydrogen-bond donors (Lipinski definition) is 3. The summed E-state index contributed by atoms with van der Waals surface area (Å²) in [4.78, 5) is 12.7. The predicted octanol–water partition coefficient (Wildman–Crippen LogP) is 3.26. The number of methoxy groups -OCH3 is 1. The van der Waals surface area contributed by atoms with Crippen molar-refractivity contribution in [2.45, 2.75) is 6.92 Å². The quantitative estimate of drug-likeness (QED) is 0.663. The number of aryl methyl sites for hydroxylation is 1. The molecule has 0 aliphatic carbocycles. The number of para-hydroxylation sites is 2.